The molecular weight excluding hydrogens is 254 g/mol. The molecule has 0 aliphatic heterocycles. The Bertz CT molecular complexity index is 462. The third-order valence-electron chi connectivity index (χ3n) is 3.34. The summed E-state index contributed by atoms with van der Waals surface area (Å²) in [6, 6.07) is 0. The maximum absolute atomic E-state index is 11.9. The van der Waals surface area contributed by atoms with Crippen molar-refractivity contribution >= 4 is 23.6 Å². The number of imidazole rings is 1. The smallest absolute Gasteiger partial charge is 0.354 e. The van der Waals surface area contributed by atoms with Gasteiger partial charge in [-0.15, -0.1) is 0 Å². The summed E-state index contributed by atoms with van der Waals surface area (Å²) in [6.07, 6.45) is 6.59. The fraction of sp³-hybridized carbons (Fsp3) is 0.545. The standard InChI is InChI=1S/C11H15N3O3S/c1-18-11(3-2-4-11)5-12-9(15)7-8(10(16)17)14-6-13-7/h6H,2-5H2,1H3,(H,12,15)(H,13,14)(H,16,17). The Hall–Kier alpha value is -1.50. The molecule has 0 unspecified atom stereocenters. The number of nitrogens with one attached hydrogen (secondary N) is 2. The van der Waals surface area contributed by atoms with Gasteiger partial charge in [-0.25, -0.2) is 9.78 Å². The highest BCUT2D eigenvalue weighted by Gasteiger charge is 2.36. The van der Waals surface area contributed by atoms with E-state index in [1.54, 1.807) is 11.8 Å². The Labute approximate surface area is 109 Å². The number of carboxylic acid groups (broad SMARTS) is 1. The fourth-order valence-corrected chi connectivity index (χ4v) is 2.89. The van der Waals surface area contributed by atoms with Crippen molar-refractivity contribution < 1.29 is 14.7 Å². The van der Waals surface area contributed by atoms with Crippen LogP contribution in [0.5, 0.6) is 0 Å². The Morgan fingerprint density at radius 1 is 1.61 bits per heavy atom. The number of nitrogens with zero attached hydrogens (tertiary/aromatic N) is 1. The molecule has 1 amide bonds. The summed E-state index contributed by atoms with van der Waals surface area (Å²) in [6.45, 7) is 0.554. The van der Waals surface area contributed by atoms with Crippen molar-refractivity contribution in [2.75, 3.05) is 12.8 Å². The number of aromatic amines is 1. The number of hydrogen-bond donors (Lipinski definition) is 3. The number of carbonyl (C=O) groups excluding carboxylic acids is 1. The second-order valence-corrected chi connectivity index (χ2v) is 5.63. The molecular formula is C11H15N3O3S. The van der Waals surface area contributed by atoms with Gasteiger partial charge < -0.3 is 15.4 Å². The number of thioether (sulfide) groups is 1. The van der Waals surface area contributed by atoms with Crippen LogP contribution in [0, 0.1) is 0 Å². The van der Waals surface area contributed by atoms with Crippen molar-refractivity contribution in [2.24, 2.45) is 0 Å². The lowest BCUT2D eigenvalue weighted by molar-refractivity contribution is 0.0684. The molecule has 98 valence electrons. The Balaban J connectivity index is 1.99. The maximum Gasteiger partial charge on any atom is 0.354 e. The van der Waals surface area contributed by atoms with Crippen LogP contribution in [-0.2, 0) is 0 Å². The van der Waals surface area contributed by atoms with Crippen LogP contribution in [-0.4, -0.2) is 44.5 Å². The van der Waals surface area contributed by atoms with Crippen LogP contribution >= 0.6 is 11.8 Å². The molecule has 0 saturated heterocycles. The van der Waals surface area contributed by atoms with Gasteiger partial charge in [0, 0.05) is 11.3 Å². The van der Waals surface area contributed by atoms with E-state index in [2.05, 4.69) is 15.3 Å². The predicted octanol–water partition coefficient (Wildman–Crippen LogP) is 1.12. The maximum atomic E-state index is 11.9. The third kappa shape index (κ3) is 2.35. The second-order valence-electron chi connectivity index (χ2n) is 4.35. The number of carbonyl (C=O) groups is 2. The molecule has 0 aromatic carbocycles. The summed E-state index contributed by atoms with van der Waals surface area (Å²) in [4.78, 5) is 28.9. The topological polar surface area (TPSA) is 95.1 Å². The van der Waals surface area contributed by atoms with E-state index in [9.17, 15) is 9.59 Å². The molecule has 3 N–H and O–H groups in total. The summed E-state index contributed by atoms with van der Waals surface area (Å²) in [5.41, 5.74) is -0.225. The van der Waals surface area contributed by atoms with E-state index in [1.807, 2.05) is 6.26 Å². The van der Waals surface area contributed by atoms with Crippen LogP contribution in [0.3, 0.4) is 0 Å². The quantitative estimate of drug-likeness (QED) is 0.744. The van der Waals surface area contributed by atoms with E-state index >= 15 is 0 Å². The SMILES string of the molecule is CSC1(CNC(=O)c2nc[nH]c2C(=O)O)CCC1. The number of hydrogen-bond acceptors (Lipinski definition) is 4. The number of aromatic carboxylic acids is 1. The van der Waals surface area contributed by atoms with Gasteiger partial charge in [0.05, 0.1) is 6.33 Å². The zero-order valence-electron chi connectivity index (χ0n) is 10.0. The number of rotatable bonds is 5. The molecule has 18 heavy (non-hydrogen) atoms. The molecule has 0 spiro atoms. The molecule has 1 aromatic heterocycles. The lowest BCUT2D eigenvalue weighted by Gasteiger charge is -2.40. The van der Waals surface area contributed by atoms with E-state index in [0.29, 0.717) is 6.54 Å². The summed E-state index contributed by atoms with van der Waals surface area (Å²) in [5.74, 6) is -1.62. The van der Waals surface area contributed by atoms with E-state index < -0.39 is 11.9 Å². The molecule has 7 heteroatoms. The van der Waals surface area contributed by atoms with Crippen LogP contribution in [0.2, 0.25) is 0 Å². The van der Waals surface area contributed by atoms with Crippen LogP contribution in [0.1, 0.15) is 40.2 Å². The summed E-state index contributed by atoms with van der Waals surface area (Å²) >= 11 is 1.75. The number of H-pyrrole nitrogens is 1. The highest BCUT2D eigenvalue weighted by atomic mass is 32.2. The third-order valence-corrected chi connectivity index (χ3v) is 4.76. The summed E-state index contributed by atoms with van der Waals surface area (Å²) in [5, 5.41) is 11.6. The largest absolute Gasteiger partial charge is 0.477 e. The molecule has 2 rings (SSSR count). The highest BCUT2D eigenvalue weighted by molar-refractivity contribution is 8.00. The van der Waals surface area contributed by atoms with E-state index in [0.717, 1.165) is 12.8 Å². The van der Waals surface area contributed by atoms with Gasteiger partial charge in [-0.2, -0.15) is 11.8 Å². The molecule has 0 radical (unpaired) electrons. The van der Waals surface area contributed by atoms with Gasteiger partial charge in [-0.3, -0.25) is 4.79 Å². The van der Waals surface area contributed by atoms with Crippen molar-refractivity contribution in [1.82, 2.24) is 15.3 Å². The first kappa shape index (κ1) is 12.9. The average Bonchev–Trinajstić information content (AvgIpc) is 2.76. The van der Waals surface area contributed by atoms with Crippen molar-refractivity contribution in [1.29, 1.82) is 0 Å². The highest BCUT2D eigenvalue weighted by Crippen LogP contribution is 2.42. The summed E-state index contributed by atoms with van der Waals surface area (Å²) in [7, 11) is 0. The van der Waals surface area contributed by atoms with Crippen molar-refractivity contribution in [3.05, 3.63) is 17.7 Å². The van der Waals surface area contributed by atoms with Crippen molar-refractivity contribution in [2.45, 2.75) is 24.0 Å². The lowest BCUT2D eigenvalue weighted by atomic mass is 9.84. The van der Waals surface area contributed by atoms with Gasteiger partial charge in [0.15, 0.2) is 11.4 Å². The lowest BCUT2D eigenvalue weighted by Crippen LogP contribution is -2.45. The first-order valence-electron chi connectivity index (χ1n) is 5.68. The Kier molecular flexibility index (Phi) is 3.60. The first-order valence-corrected chi connectivity index (χ1v) is 6.90. The molecule has 1 aromatic rings. The zero-order valence-corrected chi connectivity index (χ0v) is 10.8. The molecule has 1 heterocycles. The number of amides is 1. The molecule has 1 saturated carbocycles. The minimum atomic E-state index is -1.18. The van der Waals surface area contributed by atoms with Crippen LogP contribution in [0.4, 0.5) is 0 Å². The summed E-state index contributed by atoms with van der Waals surface area (Å²) < 4.78 is 0.120. The van der Waals surface area contributed by atoms with Gasteiger partial charge in [-0.05, 0) is 19.1 Å². The predicted molar refractivity (Wildman–Crippen MR) is 68.0 cm³/mol. The van der Waals surface area contributed by atoms with Gasteiger partial charge >= 0.3 is 5.97 Å². The minimum Gasteiger partial charge on any atom is -0.477 e. The van der Waals surface area contributed by atoms with E-state index in [1.165, 1.54) is 12.7 Å². The first-order chi connectivity index (χ1) is 8.58. The fourth-order valence-electron chi connectivity index (χ4n) is 1.98. The van der Waals surface area contributed by atoms with Crippen LogP contribution in [0.25, 0.3) is 0 Å². The Morgan fingerprint density at radius 2 is 2.33 bits per heavy atom. The Morgan fingerprint density at radius 3 is 2.83 bits per heavy atom. The van der Waals surface area contributed by atoms with E-state index in [-0.39, 0.29) is 16.1 Å². The molecule has 1 fully saturated rings. The zero-order chi connectivity index (χ0) is 13.2. The van der Waals surface area contributed by atoms with Gasteiger partial charge in [0.1, 0.15) is 0 Å². The number of aromatic nitrogens is 2. The monoisotopic (exact) mass is 269 g/mol. The molecule has 1 aliphatic rings. The van der Waals surface area contributed by atoms with Gasteiger partial charge in [0.25, 0.3) is 5.91 Å². The number of carboxylic acids is 1. The molecule has 0 bridgehead atoms. The second kappa shape index (κ2) is 5.01. The average molecular weight is 269 g/mol. The van der Waals surface area contributed by atoms with Crippen molar-refractivity contribution in [3.63, 3.8) is 0 Å². The minimum absolute atomic E-state index is 0.0573. The van der Waals surface area contributed by atoms with Gasteiger partial charge in [0.2, 0.25) is 0 Å². The molecule has 0 atom stereocenters. The van der Waals surface area contributed by atoms with Crippen LogP contribution in [0.15, 0.2) is 6.33 Å². The molecule has 1 aliphatic carbocycles. The van der Waals surface area contributed by atoms with E-state index in [4.69, 9.17) is 5.11 Å². The normalized spacial score (nSPS) is 16.9. The van der Waals surface area contributed by atoms with Crippen LogP contribution < -0.4 is 5.32 Å². The molecule has 6 nitrogen and oxygen atoms in total. The van der Waals surface area contributed by atoms with Crippen molar-refractivity contribution in [3.8, 4) is 0 Å². The van der Waals surface area contributed by atoms with Gasteiger partial charge in [-0.1, -0.05) is 6.42 Å².